The van der Waals surface area contributed by atoms with Crippen molar-refractivity contribution in [2.45, 2.75) is 36.8 Å². The lowest BCUT2D eigenvalue weighted by atomic mass is 9.77. The van der Waals surface area contributed by atoms with Crippen LogP contribution in [0, 0.1) is 29.1 Å². The maximum absolute atomic E-state index is 13.6. The Bertz CT molecular complexity index is 543. The quantitative estimate of drug-likeness (QED) is 0.409. The first kappa shape index (κ1) is 16.9. The number of benzene rings is 1. The first-order valence-corrected chi connectivity index (χ1v) is 5.82. The predicted molar refractivity (Wildman–Crippen MR) is 53.5 cm³/mol. The highest BCUT2D eigenvalue weighted by Gasteiger charge is 2.56. The van der Waals surface area contributed by atoms with E-state index >= 15 is 0 Å². The van der Waals surface area contributed by atoms with Crippen LogP contribution in [0.5, 0.6) is 0 Å². The van der Waals surface area contributed by atoms with Crippen molar-refractivity contribution in [3.63, 3.8) is 0 Å². The molecule has 0 spiro atoms. The van der Waals surface area contributed by atoms with Crippen molar-refractivity contribution < 1.29 is 43.9 Å². The third-order valence-corrected chi connectivity index (χ3v) is 3.48. The fourth-order valence-electron chi connectivity index (χ4n) is 2.33. The van der Waals surface area contributed by atoms with Gasteiger partial charge in [-0.3, -0.25) is 0 Å². The summed E-state index contributed by atoms with van der Waals surface area (Å²) < 4.78 is 133. The van der Waals surface area contributed by atoms with E-state index in [1.165, 1.54) is 0 Å². The van der Waals surface area contributed by atoms with Gasteiger partial charge in [-0.2, -0.15) is 0 Å². The molecular weight excluding hydrogens is 334 g/mol. The molecule has 0 amide bonds. The number of rotatable bonds is 1. The highest BCUT2D eigenvalue weighted by atomic mass is 19.2. The second kappa shape index (κ2) is 5.62. The van der Waals surface area contributed by atoms with E-state index in [4.69, 9.17) is 0 Å². The molecule has 0 nitrogen and oxygen atoms in total. The van der Waals surface area contributed by atoms with Gasteiger partial charge >= 0.3 is 0 Å². The van der Waals surface area contributed by atoms with Crippen molar-refractivity contribution in [3.05, 3.63) is 34.6 Å². The van der Waals surface area contributed by atoms with E-state index in [1.807, 2.05) is 0 Å². The fraction of sp³-hybridized carbons (Fsp3) is 0.500. The standard InChI is InChI=1S/C12H6F10/c13-3-1(4(14)8(18)11(21)7(3)17)2-5(15)9(19)12(22)10(20)6(2)16/h1,3-4,7-8,11H/t1-,3+,4-,7+,8-,11+. The maximum Gasteiger partial charge on any atom is 0.200 e. The predicted octanol–water partition coefficient (Wildman–Crippen LogP) is 4.17. The number of hydrogen-bond donors (Lipinski definition) is 0. The van der Waals surface area contributed by atoms with Crippen molar-refractivity contribution in [1.82, 2.24) is 0 Å². The molecule has 0 N–H and O–H groups in total. The number of hydrogen-bond acceptors (Lipinski definition) is 0. The molecule has 0 bridgehead atoms. The van der Waals surface area contributed by atoms with Gasteiger partial charge in [0, 0.05) is 5.56 Å². The topological polar surface area (TPSA) is 0 Å². The molecule has 2 rings (SSSR count). The highest BCUT2D eigenvalue weighted by Crippen LogP contribution is 2.44. The summed E-state index contributed by atoms with van der Waals surface area (Å²) in [5.74, 6) is -15.9. The molecule has 0 saturated heterocycles. The van der Waals surface area contributed by atoms with Crippen molar-refractivity contribution in [3.8, 4) is 0 Å². The summed E-state index contributed by atoms with van der Waals surface area (Å²) in [5, 5.41) is 0. The van der Waals surface area contributed by atoms with E-state index in [9.17, 15) is 43.9 Å². The van der Waals surface area contributed by atoms with Gasteiger partial charge in [-0.15, -0.1) is 0 Å². The zero-order chi connectivity index (χ0) is 16.9. The van der Waals surface area contributed by atoms with E-state index in [0.717, 1.165) is 0 Å². The summed E-state index contributed by atoms with van der Waals surface area (Å²) in [7, 11) is 0. The normalized spacial score (nSPS) is 35.7. The van der Waals surface area contributed by atoms with Gasteiger partial charge in [0.1, 0.15) is 12.3 Å². The number of halogens is 10. The molecule has 1 saturated carbocycles. The van der Waals surface area contributed by atoms with Gasteiger partial charge < -0.3 is 0 Å². The molecular formula is C12H6F10. The Balaban J connectivity index is 2.65. The molecule has 0 aliphatic heterocycles. The molecule has 1 aliphatic carbocycles. The molecule has 22 heavy (non-hydrogen) atoms. The molecule has 10 heteroatoms. The van der Waals surface area contributed by atoms with E-state index in [0.29, 0.717) is 0 Å². The van der Waals surface area contributed by atoms with E-state index in [2.05, 4.69) is 0 Å². The van der Waals surface area contributed by atoms with Gasteiger partial charge in [0.05, 0.1) is 5.92 Å². The van der Waals surface area contributed by atoms with Crippen molar-refractivity contribution >= 4 is 0 Å². The van der Waals surface area contributed by atoms with Gasteiger partial charge in [0.15, 0.2) is 41.8 Å². The smallest absolute Gasteiger partial charge is 0.200 e. The Morgan fingerprint density at radius 2 is 0.682 bits per heavy atom. The highest BCUT2D eigenvalue weighted by molar-refractivity contribution is 5.31. The molecule has 1 aliphatic rings. The van der Waals surface area contributed by atoms with E-state index in [-0.39, 0.29) is 0 Å². The lowest BCUT2D eigenvalue weighted by Gasteiger charge is -2.36. The third kappa shape index (κ3) is 2.23. The van der Waals surface area contributed by atoms with Crippen LogP contribution < -0.4 is 0 Å². The average Bonchev–Trinajstić information content (AvgIpc) is 2.50. The van der Waals surface area contributed by atoms with Crippen LogP contribution >= 0.6 is 0 Å². The Labute approximate surface area is 116 Å². The minimum Gasteiger partial charge on any atom is -0.243 e. The first-order valence-electron chi connectivity index (χ1n) is 5.82. The molecule has 1 aromatic carbocycles. The van der Waals surface area contributed by atoms with Crippen LogP contribution in [0.2, 0.25) is 0 Å². The van der Waals surface area contributed by atoms with Gasteiger partial charge in [-0.05, 0) is 0 Å². The summed E-state index contributed by atoms with van der Waals surface area (Å²) in [4.78, 5) is 0. The van der Waals surface area contributed by atoms with Crippen molar-refractivity contribution in [1.29, 1.82) is 0 Å². The van der Waals surface area contributed by atoms with E-state index < -0.39 is 71.4 Å². The Hall–Kier alpha value is -1.48. The summed E-state index contributed by atoms with van der Waals surface area (Å²) in [6.45, 7) is 0. The number of alkyl halides is 5. The third-order valence-electron chi connectivity index (χ3n) is 3.48. The van der Waals surface area contributed by atoms with Gasteiger partial charge in [-0.1, -0.05) is 0 Å². The van der Waals surface area contributed by atoms with Crippen molar-refractivity contribution in [2.24, 2.45) is 0 Å². The second-order valence-corrected chi connectivity index (χ2v) is 4.73. The van der Waals surface area contributed by atoms with Crippen LogP contribution in [-0.4, -0.2) is 30.9 Å². The summed E-state index contributed by atoms with van der Waals surface area (Å²) in [6.07, 6.45) is -16.6. The monoisotopic (exact) mass is 340 g/mol. The van der Waals surface area contributed by atoms with Crippen LogP contribution in [0.3, 0.4) is 0 Å². The van der Waals surface area contributed by atoms with Gasteiger partial charge in [0.25, 0.3) is 0 Å². The first-order chi connectivity index (χ1) is 10.1. The fourth-order valence-corrected chi connectivity index (χ4v) is 2.33. The molecule has 6 atom stereocenters. The molecule has 1 fully saturated rings. The summed E-state index contributed by atoms with van der Waals surface area (Å²) >= 11 is 0. The van der Waals surface area contributed by atoms with E-state index in [1.54, 1.807) is 0 Å². The second-order valence-electron chi connectivity index (χ2n) is 4.73. The van der Waals surface area contributed by atoms with Crippen LogP contribution in [-0.2, 0) is 0 Å². The largest absolute Gasteiger partial charge is 0.243 e. The van der Waals surface area contributed by atoms with Crippen LogP contribution in [0.4, 0.5) is 43.9 Å². The zero-order valence-electron chi connectivity index (χ0n) is 10.2. The Kier molecular flexibility index (Phi) is 4.31. The summed E-state index contributed by atoms with van der Waals surface area (Å²) in [5.41, 5.74) is -2.05. The maximum atomic E-state index is 13.6. The van der Waals surface area contributed by atoms with Crippen LogP contribution in [0.15, 0.2) is 0 Å². The van der Waals surface area contributed by atoms with Crippen LogP contribution in [0.25, 0.3) is 0 Å². The van der Waals surface area contributed by atoms with Crippen molar-refractivity contribution in [2.75, 3.05) is 0 Å². The average molecular weight is 340 g/mol. The molecule has 0 unspecified atom stereocenters. The molecule has 1 aromatic rings. The van der Waals surface area contributed by atoms with Gasteiger partial charge in [-0.25, -0.2) is 43.9 Å². The molecule has 0 aromatic heterocycles. The van der Waals surface area contributed by atoms with Crippen LogP contribution in [0.1, 0.15) is 11.5 Å². The summed E-state index contributed by atoms with van der Waals surface area (Å²) in [6, 6.07) is 0. The minimum absolute atomic E-state index is 2.05. The Morgan fingerprint density at radius 3 is 1.05 bits per heavy atom. The zero-order valence-corrected chi connectivity index (χ0v) is 10.2. The lowest BCUT2D eigenvalue weighted by molar-refractivity contribution is -0.0670. The molecule has 124 valence electrons. The molecule has 0 radical (unpaired) electrons. The minimum atomic E-state index is -3.33. The Morgan fingerprint density at radius 1 is 0.409 bits per heavy atom. The molecule has 0 heterocycles. The SMILES string of the molecule is Fc1c(F)c(F)c([C@@H]2[C@H](F)[C@H](F)[C@H](F)[C@H](F)[C@@H]2F)c(F)c1F. The van der Waals surface area contributed by atoms with Gasteiger partial charge in [0.2, 0.25) is 5.82 Å². The lowest BCUT2D eigenvalue weighted by Crippen LogP contribution is -2.52.